The molecule has 0 saturated carbocycles. The highest BCUT2D eigenvalue weighted by molar-refractivity contribution is 14.1. The van der Waals surface area contributed by atoms with Gasteiger partial charge < -0.3 is 0 Å². The van der Waals surface area contributed by atoms with Crippen LogP contribution in [-0.2, 0) is 13.0 Å². The number of benzene rings is 1. The Bertz CT molecular complexity index is 443. The van der Waals surface area contributed by atoms with E-state index in [2.05, 4.69) is 75.8 Å². The molecule has 0 aliphatic carbocycles. The van der Waals surface area contributed by atoms with Crippen LogP contribution >= 0.6 is 22.6 Å². The maximum atomic E-state index is 4.46. The Kier molecular flexibility index (Phi) is 4.59. The first-order valence-electron chi connectivity index (χ1n) is 5.99. The monoisotopic (exact) mass is 340 g/mol. The molecule has 0 aliphatic heterocycles. The number of nitrogens with zero attached hydrogens (tertiary/aromatic N) is 2. The first-order valence-corrected chi connectivity index (χ1v) is 7.07. The maximum absolute atomic E-state index is 4.46. The lowest BCUT2D eigenvalue weighted by Crippen LogP contribution is -1.99. The second kappa shape index (κ2) is 6.19. The molecule has 17 heavy (non-hydrogen) atoms. The third kappa shape index (κ3) is 3.84. The molecule has 2 nitrogen and oxygen atoms in total. The van der Waals surface area contributed by atoms with Crippen molar-refractivity contribution >= 4 is 22.6 Å². The van der Waals surface area contributed by atoms with E-state index in [1.807, 2.05) is 0 Å². The Morgan fingerprint density at radius 1 is 1.18 bits per heavy atom. The van der Waals surface area contributed by atoms with Crippen LogP contribution in [0.25, 0.3) is 0 Å². The van der Waals surface area contributed by atoms with Crippen molar-refractivity contribution in [1.82, 2.24) is 9.78 Å². The Hall–Kier alpha value is -0.840. The van der Waals surface area contributed by atoms with E-state index in [1.165, 1.54) is 24.0 Å². The van der Waals surface area contributed by atoms with Gasteiger partial charge in [0.05, 0.1) is 0 Å². The zero-order chi connectivity index (χ0) is 12.1. The van der Waals surface area contributed by atoms with E-state index in [0.29, 0.717) is 0 Å². The van der Waals surface area contributed by atoms with E-state index < -0.39 is 0 Å². The molecule has 90 valence electrons. The summed E-state index contributed by atoms with van der Waals surface area (Å²) >= 11 is 2.28. The third-order valence-electron chi connectivity index (χ3n) is 2.83. The Balaban J connectivity index is 1.73. The summed E-state index contributed by atoms with van der Waals surface area (Å²) in [6.45, 7) is 3.13. The molecule has 0 spiro atoms. The average molecular weight is 340 g/mol. The van der Waals surface area contributed by atoms with Gasteiger partial charge in [-0.1, -0.05) is 30.3 Å². The first-order chi connectivity index (χ1) is 8.25. The summed E-state index contributed by atoms with van der Waals surface area (Å²) < 4.78 is 3.17. The number of aryl methyl sites for hydroxylation is 3. The highest BCUT2D eigenvalue weighted by atomic mass is 127. The lowest BCUT2D eigenvalue weighted by molar-refractivity contribution is 0.555. The Morgan fingerprint density at radius 2 is 1.94 bits per heavy atom. The molecule has 0 aliphatic rings. The minimum atomic E-state index is 1.02. The number of unbranched alkanes of at least 4 members (excludes halogenated alkanes) is 1. The van der Waals surface area contributed by atoms with Crippen molar-refractivity contribution in [2.24, 2.45) is 0 Å². The highest BCUT2D eigenvalue weighted by Gasteiger charge is 2.00. The fourth-order valence-corrected chi connectivity index (χ4v) is 2.28. The van der Waals surface area contributed by atoms with Gasteiger partial charge in [0, 0.05) is 18.3 Å². The van der Waals surface area contributed by atoms with Gasteiger partial charge in [-0.2, -0.15) is 5.10 Å². The lowest BCUT2D eigenvalue weighted by Gasteiger charge is -2.02. The third-order valence-corrected chi connectivity index (χ3v) is 3.90. The summed E-state index contributed by atoms with van der Waals surface area (Å²) in [7, 11) is 0. The number of halogens is 1. The average Bonchev–Trinajstić information content (AvgIpc) is 2.66. The topological polar surface area (TPSA) is 17.8 Å². The van der Waals surface area contributed by atoms with Gasteiger partial charge in [-0.05, 0) is 54.3 Å². The first kappa shape index (κ1) is 12.6. The van der Waals surface area contributed by atoms with E-state index in [9.17, 15) is 0 Å². The Labute approximate surface area is 116 Å². The van der Waals surface area contributed by atoms with Gasteiger partial charge in [0.25, 0.3) is 0 Å². The second-order valence-corrected chi connectivity index (χ2v) is 5.33. The second-order valence-electron chi connectivity index (χ2n) is 4.31. The van der Waals surface area contributed by atoms with Crippen LogP contribution in [0.3, 0.4) is 0 Å². The molecule has 0 amide bonds. The summed E-state index contributed by atoms with van der Waals surface area (Å²) in [6, 6.07) is 10.7. The minimum Gasteiger partial charge on any atom is -0.271 e. The van der Waals surface area contributed by atoms with Crippen LogP contribution in [-0.4, -0.2) is 9.78 Å². The van der Waals surface area contributed by atoms with Gasteiger partial charge >= 0.3 is 0 Å². The molecule has 1 aromatic carbocycles. The van der Waals surface area contributed by atoms with E-state index in [1.54, 1.807) is 0 Å². The zero-order valence-electron chi connectivity index (χ0n) is 10.1. The molecule has 0 radical (unpaired) electrons. The smallest absolute Gasteiger partial charge is 0.126 e. The zero-order valence-corrected chi connectivity index (χ0v) is 12.2. The lowest BCUT2D eigenvalue weighted by atomic mass is 10.1. The number of rotatable bonds is 5. The molecule has 1 aromatic heterocycles. The van der Waals surface area contributed by atoms with Crippen LogP contribution < -0.4 is 0 Å². The standard InChI is InChI=1S/C14H17IN2/c1-12-11-17(16-14(12)15)10-6-5-9-13-7-3-2-4-8-13/h2-4,7-8,11H,5-6,9-10H2,1H3. The Morgan fingerprint density at radius 3 is 2.59 bits per heavy atom. The maximum Gasteiger partial charge on any atom is 0.126 e. The van der Waals surface area contributed by atoms with Crippen LogP contribution in [0.5, 0.6) is 0 Å². The van der Waals surface area contributed by atoms with Gasteiger partial charge in [0.1, 0.15) is 3.70 Å². The molecule has 3 heteroatoms. The molecule has 0 bridgehead atoms. The predicted molar refractivity (Wildman–Crippen MR) is 79.1 cm³/mol. The SMILES string of the molecule is Cc1cn(CCCCc2ccccc2)nc1I. The number of hydrogen-bond donors (Lipinski definition) is 0. The van der Waals surface area contributed by atoms with E-state index in [0.717, 1.165) is 16.7 Å². The van der Waals surface area contributed by atoms with Crippen molar-refractivity contribution in [2.75, 3.05) is 0 Å². The van der Waals surface area contributed by atoms with Crippen molar-refractivity contribution in [3.05, 3.63) is 51.4 Å². The van der Waals surface area contributed by atoms with E-state index in [4.69, 9.17) is 0 Å². The normalized spacial score (nSPS) is 10.7. The van der Waals surface area contributed by atoms with Gasteiger partial charge in [-0.3, -0.25) is 4.68 Å². The number of hydrogen-bond acceptors (Lipinski definition) is 1. The van der Waals surface area contributed by atoms with Crippen LogP contribution in [0.2, 0.25) is 0 Å². The molecule has 0 saturated heterocycles. The molecular weight excluding hydrogens is 323 g/mol. The van der Waals surface area contributed by atoms with Crippen LogP contribution in [0, 0.1) is 10.6 Å². The van der Waals surface area contributed by atoms with Gasteiger partial charge in [-0.25, -0.2) is 0 Å². The van der Waals surface area contributed by atoms with E-state index >= 15 is 0 Å². The molecular formula is C14H17IN2. The molecule has 0 atom stereocenters. The molecule has 2 aromatic rings. The molecule has 2 rings (SSSR count). The molecule has 1 heterocycles. The van der Waals surface area contributed by atoms with Gasteiger partial charge in [0.2, 0.25) is 0 Å². The van der Waals surface area contributed by atoms with Gasteiger partial charge in [-0.15, -0.1) is 0 Å². The van der Waals surface area contributed by atoms with Gasteiger partial charge in [0.15, 0.2) is 0 Å². The molecule has 0 fully saturated rings. The molecule has 0 N–H and O–H groups in total. The summed E-state index contributed by atoms with van der Waals surface area (Å²) in [5.41, 5.74) is 2.70. The van der Waals surface area contributed by atoms with Crippen LogP contribution in [0.4, 0.5) is 0 Å². The van der Waals surface area contributed by atoms with Crippen molar-refractivity contribution < 1.29 is 0 Å². The summed E-state index contributed by atoms with van der Waals surface area (Å²) in [5, 5.41) is 4.46. The molecule has 0 unspecified atom stereocenters. The van der Waals surface area contributed by atoms with Crippen LogP contribution in [0.15, 0.2) is 36.5 Å². The number of aromatic nitrogens is 2. The van der Waals surface area contributed by atoms with Crippen molar-refractivity contribution in [2.45, 2.75) is 32.7 Å². The minimum absolute atomic E-state index is 1.02. The van der Waals surface area contributed by atoms with Crippen molar-refractivity contribution in [1.29, 1.82) is 0 Å². The summed E-state index contributed by atoms with van der Waals surface area (Å²) in [6.07, 6.45) is 5.70. The van der Waals surface area contributed by atoms with Crippen molar-refractivity contribution in [3.63, 3.8) is 0 Å². The summed E-state index contributed by atoms with van der Waals surface area (Å²) in [4.78, 5) is 0. The van der Waals surface area contributed by atoms with Crippen LogP contribution in [0.1, 0.15) is 24.0 Å². The fourth-order valence-electron chi connectivity index (χ4n) is 1.86. The van der Waals surface area contributed by atoms with E-state index in [-0.39, 0.29) is 0 Å². The summed E-state index contributed by atoms with van der Waals surface area (Å²) in [5.74, 6) is 0. The highest BCUT2D eigenvalue weighted by Crippen LogP contribution is 2.09. The quantitative estimate of drug-likeness (QED) is 0.598. The fraction of sp³-hybridized carbons (Fsp3) is 0.357. The van der Waals surface area contributed by atoms with Crippen molar-refractivity contribution in [3.8, 4) is 0 Å². The predicted octanol–water partition coefficient (Wildman–Crippen LogP) is 3.82. The largest absolute Gasteiger partial charge is 0.271 e.